The largest absolute Gasteiger partial charge is 0.344 e. The van der Waals surface area contributed by atoms with Gasteiger partial charge in [0.25, 0.3) is 0 Å². The summed E-state index contributed by atoms with van der Waals surface area (Å²) in [7, 11) is 2.17. The van der Waals surface area contributed by atoms with Crippen LogP contribution in [0.2, 0.25) is 0 Å². The maximum atomic E-state index is 2.36. The smallest absolute Gasteiger partial charge is 0.0567 e. The van der Waals surface area contributed by atoms with E-state index in [1.807, 2.05) is 0 Å². The van der Waals surface area contributed by atoms with E-state index in [0.717, 1.165) is 22.7 Å². The van der Waals surface area contributed by atoms with Crippen LogP contribution in [-0.2, 0) is 0 Å². The van der Waals surface area contributed by atoms with E-state index in [1.54, 1.807) is 0 Å². The van der Waals surface area contributed by atoms with Crippen LogP contribution in [0.4, 0.5) is 28.4 Å². The molecule has 214 valence electrons. The topological polar surface area (TPSA) is 6.48 Å². The third-order valence-electron chi connectivity index (χ3n) is 8.78. The maximum absolute atomic E-state index is 2.36. The molecule has 2 heteroatoms. The fourth-order valence-electron chi connectivity index (χ4n) is 6.52. The van der Waals surface area contributed by atoms with Gasteiger partial charge < -0.3 is 9.80 Å². The Hall–Kier alpha value is -5.86. The summed E-state index contributed by atoms with van der Waals surface area (Å²) in [6.07, 6.45) is 0. The summed E-state index contributed by atoms with van der Waals surface area (Å²) in [4.78, 5) is 4.68. The number of fused-ring (bicyclic) bond motifs is 3. The zero-order chi connectivity index (χ0) is 30.2. The lowest BCUT2D eigenvalue weighted by Gasteiger charge is -2.28. The Bertz CT molecular complexity index is 2230. The Labute approximate surface area is 264 Å². The Morgan fingerprint density at radius 1 is 0.333 bits per heavy atom. The van der Waals surface area contributed by atoms with E-state index in [0.29, 0.717) is 0 Å². The molecule has 0 aliphatic heterocycles. The standard InChI is InChI=1S/C43H32N2/c1-44(43-41-20-9-7-16-35(41)28-36-17-8-10-21-42(36)43)37-24-26-38(27-25-37)45(40-23-22-32-14-5-6-15-33(32)30-40)39-19-11-18-34(29-39)31-12-3-2-4-13-31/h2-30H,1H3. The highest BCUT2D eigenvalue weighted by molar-refractivity contribution is 6.12. The van der Waals surface area contributed by atoms with Crippen molar-refractivity contribution in [1.29, 1.82) is 0 Å². The fourth-order valence-corrected chi connectivity index (χ4v) is 6.52. The van der Waals surface area contributed by atoms with Crippen molar-refractivity contribution in [2.24, 2.45) is 0 Å². The lowest BCUT2D eigenvalue weighted by Crippen LogP contribution is -2.12. The summed E-state index contributed by atoms with van der Waals surface area (Å²) in [6.45, 7) is 0. The van der Waals surface area contributed by atoms with Gasteiger partial charge in [-0.2, -0.15) is 0 Å². The summed E-state index contributed by atoms with van der Waals surface area (Å²) in [5.74, 6) is 0. The van der Waals surface area contributed by atoms with E-state index in [9.17, 15) is 0 Å². The second kappa shape index (κ2) is 11.3. The molecular formula is C43H32N2. The molecule has 8 aromatic carbocycles. The van der Waals surface area contributed by atoms with Crippen LogP contribution in [0, 0.1) is 0 Å². The lowest BCUT2D eigenvalue weighted by atomic mass is 10.00. The van der Waals surface area contributed by atoms with Gasteiger partial charge in [0, 0.05) is 40.6 Å². The van der Waals surface area contributed by atoms with Gasteiger partial charge in [0.05, 0.1) is 5.69 Å². The van der Waals surface area contributed by atoms with Gasteiger partial charge in [-0.3, -0.25) is 0 Å². The number of anilines is 5. The van der Waals surface area contributed by atoms with Crippen LogP contribution in [-0.4, -0.2) is 7.05 Å². The van der Waals surface area contributed by atoms with Crippen molar-refractivity contribution in [1.82, 2.24) is 0 Å². The monoisotopic (exact) mass is 576 g/mol. The zero-order valence-electron chi connectivity index (χ0n) is 25.1. The molecule has 0 fully saturated rings. The molecule has 0 saturated carbocycles. The first-order chi connectivity index (χ1) is 22.2. The molecule has 8 aromatic rings. The predicted octanol–water partition coefficient (Wildman–Crippen LogP) is 12.1. The predicted molar refractivity (Wildman–Crippen MR) is 194 cm³/mol. The zero-order valence-corrected chi connectivity index (χ0v) is 25.1. The number of rotatable bonds is 6. The van der Waals surface area contributed by atoms with Crippen LogP contribution >= 0.6 is 0 Å². The van der Waals surface area contributed by atoms with Gasteiger partial charge in [0.2, 0.25) is 0 Å². The molecule has 0 heterocycles. The van der Waals surface area contributed by atoms with Crippen LogP contribution < -0.4 is 9.80 Å². The van der Waals surface area contributed by atoms with Crippen molar-refractivity contribution >= 4 is 60.8 Å². The molecule has 0 saturated heterocycles. The molecule has 2 nitrogen and oxygen atoms in total. The van der Waals surface area contributed by atoms with E-state index in [-0.39, 0.29) is 0 Å². The highest BCUT2D eigenvalue weighted by atomic mass is 15.1. The van der Waals surface area contributed by atoms with Gasteiger partial charge in [0.1, 0.15) is 0 Å². The minimum absolute atomic E-state index is 1.11. The molecule has 0 unspecified atom stereocenters. The van der Waals surface area contributed by atoms with E-state index in [4.69, 9.17) is 0 Å². The van der Waals surface area contributed by atoms with Crippen LogP contribution in [0.25, 0.3) is 43.4 Å². The second-order valence-corrected chi connectivity index (χ2v) is 11.5. The van der Waals surface area contributed by atoms with E-state index in [1.165, 1.54) is 49.1 Å². The Morgan fingerprint density at radius 2 is 0.867 bits per heavy atom. The van der Waals surface area contributed by atoms with Gasteiger partial charge in [0.15, 0.2) is 0 Å². The molecule has 0 amide bonds. The molecule has 0 aliphatic rings. The fraction of sp³-hybridized carbons (Fsp3) is 0.0233. The third-order valence-corrected chi connectivity index (χ3v) is 8.78. The van der Waals surface area contributed by atoms with Gasteiger partial charge in [-0.15, -0.1) is 0 Å². The van der Waals surface area contributed by atoms with Crippen LogP contribution in [0.1, 0.15) is 0 Å². The summed E-state index contributed by atoms with van der Waals surface area (Å²) < 4.78 is 0. The number of hydrogen-bond acceptors (Lipinski definition) is 2. The number of hydrogen-bond donors (Lipinski definition) is 0. The van der Waals surface area contributed by atoms with E-state index in [2.05, 4.69) is 193 Å². The van der Waals surface area contributed by atoms with Gasteiger partial charge in [-0.05, 0) is 87.3 Å². The average molecular weight is 577 g/mol. The number of benzene rings is 8. The summed E-state index contributed by atoms with van der Waals surface area (Å²) in [5, 5.41) is 7.44. The first kappa shape index (κ1) is 26.7. The van der Waals surface area contributed by atoms with Crippen molar-refractivity contribution in [3.63, 3.8) is 0 Å². The van der Waals surface area contributed by atoms with Gasteiger partial charge in [-0.1, -0.05) is 121 Å². The van der Waals surface area contributed by atoms with Crippen molar-refractivity contribution in [3.8, 4) is 11.1 Å². The molecular weight excluding hydrogens is 544 g/mol. The molecule has 0 aliphatic carbocycles. The van der Waals surface area contributed by atoms with Gasteiger partial charge in [-0.25, -0.2) is 0 Å². The van der Waals surface area contributed by atoms with Crippen molar-refractivity contribution < 1.29 is 0 Å². The first-order valence-electron chi connectivity index (χ1n) is 15.4. The quantitative estimate of drug-likeness (QED) is 0.182. The molecule has 0 radical (unpaired) electrons. The van der Waals surface area contributed by atoms with Crippen molar-refractivity contribution in [3.05, 3.63) is 176 Å². The highest BCUT2D eigenvalue weighted by Crippen LogP contribution is 2.41. The maximum Gasteiger partial charge on any atom is 0.0567 e. The Kier molecular flexibility index (Phi) is 6.73. The molecule has 45 heavy (non-hydrogen) atoms. The molecule has 0 atom stereocenters. The second-order valence-electron chi connectivity index (χ2n) is 11.5. The van der Waals surface area contributed by atoms with E-state index < -0.39 is 0 Å². The molecule has 0 bridgehead atoms. The highest BCUT2D eigenvalue weighted by Gasteiger charge is 2.17. The normalized spacial score (nSPS) is 11.2. The number of nitrogens with zero attached hydrogens (tertiary/aromatic N) is 2. The SMILES string of the molecule is CN(c1ccc(N(c2cccc(-c3ccccc3)c2)c2ccc3ccccc3c2)cc1)c1c2ccccc2cc2ccccc12. The van der Waals surface area contributed by atoms with Gasteiger partial charge >= 0.3 is 0 Å². The van der Waals surface area contributed by atoms with Crippen LogP contribution in [0.5, 0.6) is 0 Å². The Morgan fingerprint density at radius 3 is 1.58 bits per heavy atom. The summed E-state index contributed by atoms with van der Waals surface area (Å²) in [5.41, 5.74) is 8.11. The Balaban J connectivity index is 1.24. The van der Waals surface area contributed by atoms with E-state index >= 15 is 0 Å². The summed E-state index contributed by atoms with van der Waals surface area (Å²) in [6, 6.07) is 63.3. The summed E-state index contributed by atoms with van der Waals surface area (Å²) >= 11 is 0. The molecule has 0 spiro atoms. The minimum Gasteiger partial charge on any atom is -0.344 e. The van der Waals surface area contributed by atoms with Crippen LogP contribution in [0.15, 0.2) is 176 Å². The first-order valence-corrected chi connectivity index (χ1v) is 15.4. The molecule has 0 N–H and O–H groups in total. The molecule has 8 rings (SSSR count). The lowest BCUT2D eigenvalue weighted by molar-refractivity contribution is 1.22. The van der Waals surface area contributed by atoms with Crippen LogP contribution in [0.3, 0.4) is 0 Å². The third kappa shape index (κ3) is 4.97. The van der Waals surface area contributed by atoms with Crippen molar-refractivity contribution in [2.45, 2.75) is 0 Å². The minimum atomic E-state index is 1.11. The average Bonchev–Trinajstić information content (AvgIpc) is 3.11. The van der Waals surface area contributed by atoms with Crippen molar-refractivity contribution in [2.75, 3.05) is 16.8 Å². The molecule has 0 aromatic heterocycles.